The molecular weight excluding hydrogens is 242 g/mol. The van der Waals surface area contributed by atoms with E-state index in [0.29, 0.717) is 5.92 Å². The smallest absolute Gasteiger partial charge is 0.147 e. The van der Waals surface area contributed by atoms with Gasteiger partial charge in [0, 0.05) is 33.8 Å². The zero-order chi connectivity index (χ0) is 14.4. The van der Waals surface area contributed by atoms with Gasteiger partial charge in [0.05, 0.1) is 18.0 Å². The number of rotatable bonds is 8. The number of nitrogens with zero attached hydrogens (tertiary/aromatic N) is 3. The van der Waals surface area contributed by atoms with E-state index in [0.717, 1.165) is 43.4 Å². The Balaban J connectivity index is 2.49. The molecule has 0 aliphatic heterocycles. The lowest BCUT2D eigenvalue weighted by Crippen LogP contribution is -2.28. The highest BCUT2D eigenvalue weighted by Crippen LogP contribution is 2.27. The van der Waals surface area contributed by atoms with Crippen LogP contribution >= 0.6 is 0 Å². The van der Waals surface area contributed by atoms with Gasteiger partial charge < -0.3 is 20.7 Å². The van der Waals surface area contributed by atoms with Gasteiger partial charge in [0.25, 0.3) is 0 Å². The fourth-order valence-electron chi connectivity index (χ4n) is 1.92. The first-order valence-corrected chi connectivity index (χ1v) is 6.71. The first-order chi connectivity index (χ1) is 8.97. The molecule has 0 aliphatic rings. The van der Waals surface area contributed by atoms with E-state index in [1.807, 2.05) is 11.7 Å². The maximum atomic E-state index is 6.12. The lowest BCUT2D eigenvalue weighted by Gasteiger charge is -2.16. The van der Waals surface area contributed by atoms with Gasteiger partial charge in [-0.15, -0.1) is 0 Å². The highest BCUT2D eigenvalue weighted by atomic mass is 16.5. The topological polar surface area (TPSA) is 68.3 Å². The maximum Gasteiger partial charge on any atom is 0.147 e. The Labute approximate surface area is 115 Å². The Hall–Kier alpha value is -1.27. The molecule has 1 heterocycles. The van der Waals surface area contributed by atoms with Crippen molar-refractivity contribution in [3.63, 3.8) is 0 Å². The van der Waals surface area contributed by atoms with Crippen LogP contribution in [0.15, 0.2) is 0 Å². The van der Waals surface area contributed by atoms with Crippen molar-refractivity contribution in [2.75, 3.05) is 51.4 Å². The molecule has 1 aromatic heterocycles. The summed E-state index contributed by atoms with van der Waals surface area (Å²) in [5.74, 6) is 1.25. The van der Waals surface area contributed by atoms with Crippen LogP contribution in [0.25, 0.3) is 0 Å². The molecule has 110 valence electrons. The van der Waals surface area contributed by atoms with Crippen LogP contribution in [0.3, 0.4) is 0 Å². The molecular formula is C13H27N5O. The monoisotopic (exact) mass is 269 g/mol. The summed E-state index contributed by atoms with van der Waals surface area (Å²) in [4.78, 5) is 2.21. The molecule has 19 heavy (non-hydrogen) atoms. The highest BCUT2D eigenvalue weighted by Gasteiger charge is 2.15. The van der Waals surface area contributed by atoms with E-state index in [-0.39, 0.29) is 0 Å². The zero-order valence-corrected chi connectivity index (χ0v) is 12.7. The summed E-state index contributed by atoms with van der Waals surface area (Å²) >= 11 is 0. The van der Waals surface area contributed by atoms with E-state index in [1.165, 1.54) is 0 Å². The van der Waals surface area contributed by atoms with E-state index in [4.69, 9.17) is 10.5 Å². The Morgan fingerprint density at radius 1 is 1.42 bits per heavy atom. The second kappa shape index (κ2) is 7.35. The summed E-state index contributed by atoms with van der Waals surface area (Å²) in [6.45, 7) is 7.65. The first kappa shape index (κ1) is 15.8. The number of nitrogens with two attached hydrogens (primary N) is 1. The van der Waals surface area contributed by atoms with Crippen molar-refractivity contribution in [1.29, 1.82) is 0 Å². The van der Waals surface area contributed by atoms with Crippen molar-refractivity contribution in [3.05, 3.63) is 5.69 Å². The van der Waals surface area contributed by atoms with Crippen molar-refractivity contribution in [3.8, 4) is 0 Å². The van der Waals surface area contributed by atoms with E-state index in [1.54, 1.807) is 7.11 Å². The molecule has 0 radical (unpaired) electrons. The van der Waals surface area contributed by atoms with E-state index in [2.05, 4.69) is 36.2 Å². The Morgan fingerprint density at radius 2 is 2.11 bits per heavy atom. The second-order valence-corrected chi connectivity index (χ2v) is 5.15. The van der Waals surface area contributed by atoms with E-state index >= 15 is 0 Å². The number of hydrogen-bond donors (Lipinski definition) is 2. The summed E-state index contributed by atoms with van der Waals surface area (Å²) < 4.78 is 6.87. The third-order valence-corrected chi connectivity index (χ3v) is 3.12. The van der Waals surface area contributed by atoms with Crippen molar-refractivity contribution in [2.24, 2.45) is 7.05 Å². The fraction of sp³-hybridized carbons (Fsp3) is 0.769. The minimum atomic E-state index is 0.339. The summed E-state index contributed by atoms with van der Waals surface area (Å²) in [7, 11) is 5.71. The van der Waals surface area contributed by atoms with Gasteiger partial charge >= 0.3 is 0 Å². The number of aryl methyl sites for hydroxylation is 1. The minimum Gasteiger partial charge on any atom is -0.394 e. The summed E-state index contributed by atoms with van der Waals surface area (Å²) in [6.07, 6.45) is 0. The molecule has 1 rings (SSSR count). The summed E-state index contributed by atoms with van der Waals surface area (Å²) in [5.41, 5.74) is 7.84. The number of hydrogen-bond acceptors (Lipinski definition) is 5. The van der Waals surface area contributed by atoms with Gasteiger partial charge in [-0.05, 0) is 13.0 Å². The van der Waals surface area contributed by atoms with Crippen molar-refractivity contribution < 1.29 is 4.74 Å². The van der Waals surface area contributed by atoms with Crippen molar-refractivity contribution in [1.82, 2.24) is 14.7 Å². The fourth-order valence-corrected chi connectivity index (χ4v) is 1.92. The molecule has 0 unspecified atom stereocenters. The van der Waals surface area contributed by atoms with Crippen LogP contribution in [0.2, 0.25) is 0 Å². The number of ether oxygens (including phenoxy) is 1. The van der Waals surface area contributed by atoms with Crippen LogP contribution in [0.1, 0.15) is 25.5 Å². The normalized spacial score (nSPS) is 11.5. The molecule has 0 aliphatic carbocycles. The van der Waals surface area contributed by atoms with Gasteiger partial charge in [0.2, 0.25) is 0 Å². The van der Waals surface area contributed by atoms with Gasteiger partial charge in [-0.3, -0.25) is 4.68 Å². The molecule has 0 spiro atoms. The van der Waals surface area contributed by atoms with E-state index < -0.39 is 0 Å². The molecule has 6 heteroatoms. The average Bonchev–Trinajstić information content (AvgIpc) is 2.64. The van der Waals surface area contributed by atoms with Gasteiger partial charge in [-0.1, -0.05) is 13.8 Å². The largest absolute Gasteiger partial charge is 0.394 e. The molecule has 6 nitrogen and oxygen atoms in total. The summed E-state index contributed by atoms with van der Waals surface area (Å²) in [6, 6.07) is 0. The predicted molar refractivity (Wildman–Crippen MR) is 79.6 cm³/mol. The molecule has 0 saturated heterocycles. The van der Waals surface area contributed by atoms with Crippen LogP contribution in [-0.2, 0) is 11.8 Å². The maximum absolute atomic E-state index is 6.12. The SMILES string of the molecule is COCCN(C)CCNc1c(N)c(C(C)C)nn1C. The molecule has 3 N–H and O–H groups in total. The van der Waals surface area contributed by atoms with E-state index in [9.17, 15) is 0 Å². The molecule has 0 aromatic carbocycles. The molecule has 0 saturated carbocycles. The van der Waals surface area contributed by atoms with Crippen molar-refractivity contribution in [2.45, 2.75) is 19.8 Å². The number of likely N-dealkylation sites (N-methyl/N-ethyl adjacent to an activating group) is 1. The number of nitrogens with one attached hydrogen (secondary N) is 1. The second-order valence-electron chi connectivity index (χ2n) is 5.15. The highest BCUT2D eigenvalue weighted by molar-refractivity contribution is 5.65. The molecule has 0 bridgehead atoms. The third-order valence-electron chi connectivity index (χ3n) is 3.12. The van der Waals surface area contributed by atoms with Crippen LogP contribution in [-0.4, -0.2) is 55.1 Å². The van der Waals surface area contributed by atoms with Gasteiger partial charge in [0.1, 0.15) is 5.82 Å². The Kier molecular flexibility index (Phi) is 6.11. The minimum absolute atomic E-state index is 0.339. The Morgan fingerprint density at radius 3 is 2.63 bits per heavy atom. The number of nitrogen functional groups attached to an aromatic ring is 1. The zero-order valence-electron chi connectivity index (χ0n) is 12.7. The van der Waals surface area contributed by atoms with Crippen LogP contribution in [0, 0.1) is 0 Å². The molecule has 1 aromatic rings. The van der Waals surface area contributed by atoms with Gasteiger partial charge in [-0.2, -0.15) is 5.10 Å². The third kappa shape index (κ3) is 4.40. The van der Waals surface area contributed by atoms with Crippen LogP contribution < -0.4 is 11.1 Å². The quantitative estimate of drug-likeness (QED) is 0.740. The number of methoxy groups -OCH3 is 1. The lowest BCUT2D eigenvalue weighted by atomic mass is 10.1. The van der Waals surface area contributed by atoms with Gasteiger partial charge in [-0.25, -0.2) is 0 Å². The van der Waals surface area contributed by atoms with Crippen LogP contribution in [0.4, 0.5) is 11.5 Å². The number of anilines is 2. The number of aromatic nitrogens is 2. The first-order valence-electron chi connectivity index (χ1n) is 6.71. The van der Waals surface area contributed by atoms with Gasteiger partial charge in [0.15, 0.2) is 0 Å². The molecule has 0 atom stereocenters. The van der Waals surface area contributed by atoms with Crippen LogP contribution in [0.5, 0.6) is 0 Å². The summed E-state index contributed by atoms with van der Waals surface area (Å²) in [5, 5.41) is 7.81. The molecule has 0 fully saturated rings. The lowest BCUT2D eigenvalue weighted by molar-refractivity contribution is 0.163. The molecule has 0 amide bonds. The Bertz CT molecular complexity index is 389. The predicted octanol–water partition coefficient (Wildman–Crippen LogP) is 1.12. The average molecular weight is 269 g/mol. The van der Waals surface area contributed by atoms with Crippen molar-refractivity contribution >= 4 is 11.5 Å². The standard InChI is InChI=1S/C13H27N5O/c1-10(2)12-11(14)13(18(4)16-12)15-6-7-17(3)8-9-19-5/h10,15H,6-9,14H2,1-5H3.